The van der Waals surface area contributed by atoms with E-state index in [4.69, 9.17) is 9.47 Å². The van der Waals surface area contributed by atoms with Gasteiger partial charge in [-0.3, -0.25) is 0 Å². The summed E-state index contributed by atoms with van der Waals surface area (Å²) in [5.41, 5.74) is 0.974. The van der Waals surface area contributed by atoms with E-state index >= 15 is 0 Å². The number of halogens is 1. The predicted octanol–water partition coefficient (Wildman–Crippen LogP) is 3.90. The van der Waals surface area contributed by atoms with E-state index in [1.807, 2.05) is 25.1 Å². The van der Waals surface area contributed by atoms with Crippen molar-refractivity contribution >= 4 is 39.8 Å². The van der Waals surface area contributed by atoms with Crippen LogP contribution in [0, 0.1) is 0 Å². The molecule has 0 spiro atoms. The molecular formula is C22H38IN3O4S. The number of sulfone groups is 1. The average Bonchev–Trinajstić information content (AvgIpc) is 3.18. The lowest BCUT2D eigenvalue weighted by molar-refractivity contribution is 0.207. The van der Waals surface area contributed by atoms with E-state index < -0.39 is 14.6 Å². The normalized spacial score (nSPS) is 15.3. The summed E-state index contributed by atoms with van der Waals surface area (Å²) in [6, 6.07) is 5.79. The zero-order chi connectivity index (χ0) is 22.2. The molecule has 1 aromatic carbocycles. The van der Waals surface area contributed by atoms with Gasteiger partial charge in [-0.15, -0.1) is 24.0 Å². The molecule has 0 unspecified atom stereocenters. The van der Waals surface area contributed by atoms with Gasteiger partial charge in [0, 0.05) is 24.7 Å². The lowest BCUT2D eigenvalue weighted by Gasteiger charge is -2.20. The van der Waals surface area contributed by atoms with Crippen LogP contribution >= 0.6 is 24.0 Å². The van der Waals surface area contributed by atoms with Crippen molar-refractivity contribution < 1.29 is 17.9 Å². The van der Waals surface area contributed by atoms with Crippen molar-refractivity contribution in [2.75, 3.05) is 26.0 Å². The van der Waals surface area contributed by atoms with Crippen molar-refractivity contribution in [3.8, 4) is 11.5 Å². The van der Waals surface area contributed by atoms with Crippen LogP contribution in [0.1, 0.15) is 58.9 Å². The summed E-state index contributed by atoms with van der Waals surface area (Å²) in [5, 5.41) is 6.30. The third-order valence-electron chi connectivity index (χ3n) is 5.22. The van der Waals surface area contributed by atoms with Crippen LogP contribution in [0.2, 0.25) is 0 Å². The van der Waals surface area contributed by atoms with E-state index in [1.165, 1.54) is 12.8 Å². The monoisotopic (exact) mass is 567 g/mol. The van der Waals surface area contributed by atoms with E-state index in [2.05, 4.69) is 15.6 Å². The highest BCUT2D eigenvalue weighted by Gasteiger charge is 2.28. The molecule has 1 fully saturated rings. The van der Waals surface area contributed by atoms with Gasteiger partial charge in [0.15, 0.2) is 15.8 Å². The van der Waals surface area contributed by atoms with Gasteiger partial charge in [0.05, 0.1) is 30.3 Å². The first-order chi connectivity index (χ1) is 14.2. The molecule has 9 heteroatoms. The molecule has 1 aromatic rings. The standard InChI is InChI=1S/C22H37N3O4S.HI/c1-6-23-21(24-13-14-30(26,27)22(2,3)4)25-16-17-11-12-19(28-5)15-20(17)29-18-9-7-8-10-18;/h11-12,15,18H,6-10,13-14,16H2,1-5H3,(H2,23,24,25);1H. The first-order valence-electron chi connectivity index (χ1n) is 10.7. The van der Waals surface area contributed by atoms with Gasteiger partial charge in [-0.2, -0.15) is 0 Å². The Morgan fingerprint density at radius 1 is 1.19 bits per heavy atom. The number of hydrogen-bond donors (Lipinski definition) is 2. The topological polar surface area (TPSA) is 89.0 Å². The molecule has 0 bridgehead atoms. The van der Waals surface area contributed by atoms with Gasteiger partial charge in [0.2, 0.25) is 0 Å². The highest BCUT2D eigenvalue weighted by molar-refractivity contribution is 14.0. The molecule has 1 saturated carbocycles. The molecular weight excluding hydrogens is 529 g/mol. The zero-order valence-corrected chi connectivity index (χ0v) is 22.5. The van der Waals surface area contributed by atoms with Crippen LogP contribution < -0.4 is 20.1 Å². The Hall–Kier alpha value is -1.23. The molecule has 0 heterocycles. The highest BCUT2D eigenvalue weighted by atomic mass is 127. The second kappa shape index (κ2) is 12.7. The Labute approximate surface area is 204 Å². The minimum atomic E-state index is -3.18. The quantitative estimate of drug-likeness (QED) is 0.268. The van der Waals surface area contributed by atoms with Gasteiger partial charge >= 0.3 is 0 Å². The summed E-state index contributed by atoms with van der Waals surface area (Å²) in [5.74, 6) is 2.20. The number of rotatable bonds is 9. The molecule has 0 radical (unpaired) electrons. The minimum absolute atomic E-state index is 0. The number of hydrogen-bond acceptors (Lipinski definition) is 5. The third-order valence-corrected chi connectivity index (χ3v) is 7.83. The molecule has 0 saturated heterocycles. The summed E-state index contributed by atoms with van der Waals surface area (Å²) >= 11 is 0. The summed E-state index contributed by atoms with van der Waals surface area (Å²) < 4.78 is 35.4. The fraction of sp³-hybridized carbons (Fsp3) is 0.682. The fourth-order valence-electron chi connectivity index (χ4n) is 3.20. The summed E-state index contributed by atoms with van der Waals surface area (Å²) in [6.07, 6.45) is 4.80. The van der Waals surface area contributed by atoms with Crippen molar-refractivity contribution in [1.29, 1.82) is 0 Å². The number of methoxy groups -OCH3 is 1. The Kier molecular flexibility index (Phi) is 11.4. The second-order valence-corrected chi connectivity index (χ2v) is 11.4. The maximum atomic E-state index is 12.3. The molecule has 0 amide bonds. The van der Waals surface area contributed by atoms with Crippen LogP contribution in [0.5, 0.6) is 11.5 Å². The number of aliphatic imine (C=N–C) groups is 1. The van der Waals surface area contributed by atoms with Crippen LogP contribution in [0.25, 0.3) is 0 Å². The Bertz CT molecular complexity index is 817. The summed E-state index contributed by atoms with van der Waals surface area (Å²) in [4.78, 5) is 4.63. The van der Waals surface area contributed by atoms with E-state index in [-0.39, 0.29) is 35.8 Å². The fourth-order valence-corrected chi connectivity index (χ4v) is 4.19. The molecule has 1 aliphatic carbocycles. The van der Waals surface area contributed by atoms with Crippen LogP contribution in [0.15, 0.2) is 23.2 Å². The van der Waals surface area contributed by atoms with Crippen LogP contribution in [-0.2, 0) is 16.4 Å². The van der Waals surface area contributed by atoms with Gasteiger partial charge in [0.25, 0.3) is 0 Å². The molecule has 0 aliphatic heterocycles. The van der Waals surface area contributed by atoms with Crippen LogP contribution in [0.4, 0.5) is 0 Å². The summed E-state index contributed by atoms with van der Waals surface area (Å²) in [6.45, 7) is 8.55. The lowest BCUT2D eigenvalue weighted by atomic mass is 10.2. The Balaban J connectivity index is 0.00000480. The van der Waals surface area contributed by atoms with E-state index in [1.54, 1.807) is 27.9 Å². The lowest BCUT2D eigenvalue weighted by Crippen LogP contribution is -2.41. The number of nitrogens with one attached hydrogen (secondary N) is 2. The molecule has 1 aliphatic rings. The highest BCUT2D eigenvalue weighted by Crippen LogP contribution is 2.30. The van der Waals surface area contributed by atoms with E-state index in [9.17, 15) is 8.42 Å². The number of nitrogens with zero attached hydrogens (tertiary/aromatic N) is 1. The van der Waals surface area contributed by atoms with E-state index in [0.717, 1.165) is 29.9 Å². The van der Waals surface area contributed by atoms with Gasteiger partial charge in [-0.1, -0.05) is 0 Å². The van der Waals surface area contributed by atoms with Crippen molar-refractivity contribution in [1.82, 2.24) is 10.6 Å². The molecule has 2 rings (SSSR count). The second-order valence-electron chi connectivity index (χ2n) is 8.55. The maximum Gasteiger partial charge on any atom is 0.191 e. The maximum absolute atomic E-state index is 12.3. The SMILES string of the molecule is CCNC(=NCc1ccc(OC)cc1OC1CCCC1)NCCS(=O)(=O)C(C)(C)C.I. The van der Waals surface area contributed by atoms with Crippen molar-refractivity contribution in [2.24, 2.45) is 4.99 Å². The number of guanidine groups is 1. The molecule has 178 valence electrons. The third kappa shape index (κ3) is 8.67. The molecule has 2 N–H and O–H groups in total. The van der Waals surface area contributed by atoms with Crippen LogP contribution in [-0.4, -0.2) is 51.2 Å². The number of ether oxygens (including phenoxy) is 2. The Morgan fingerprint density at radius 2 is 1.87 bits per heavy atom. The molecule has 31 heavy (non-hydrogen) atoms. The predicted molar refractivity (Wildman–Crippen MR) is 138 cm³/mol. The van der Waals surface area contributed by atoms with Crippen molar-refractivity contribution in [3.63, 3.8) is 0 Å². The summed E-state index contributed by atoms with van der Waals surface area (Å²) in [7, 11) is -1.54. The van der Waals surface area contributed by atoms with Crippen molar-refractivity contribution in [2.45, 2.75) is 70.8 Å². The average molecular weight is 568 g/mol. The van der Waals surface area contributed by atoms with E-state index in [0.29, 0.717) is 25.6 Å². The van der Waals surface area contributed by atoms with Gasteiger partial charge in [0.1, 0.15) is 11.5 Å². The van der Waals surface area contributed by atoms with Gasteiger partial charge < -0.3 is 20.1 Å². The Morgan fingerprint density at radius 3 is 2.45 bits per heavy atom. The first kappa shape index (κ1) is 27.8. The van der Waals surface area contributed by atoms with Gasteiger partial charge in [-0.25, -0.2) is 13.4 Å². The van der Waals surface area contributed by atoms with Gasteiger partial charge in [-0.05, 0) is 65.5 Å². The number of benzene rings is 1. The van der Waals surface area contributed by atoms with Crippen LogP contribution in [0.3, 0.4) is 0 Å². The van der Waals surface area contributed by atoms with Crippen molar-refractivity contribution in [3.05, 3.63) is 23.8 Å². The first-order valence-corrected chi connectivity index (χ1v) is 12.4. The molecule has 0 atom stereocenters. The minimum Gasteiger partial charge on any atom is -0.497 e. The molecule has 0 aromatic heterocycles. The smallest absolute Gasteiger partial charge is 0.191 e. The zero-order valence-electron chi connectivity index (χ0n) is 19.4. The molecule has 7 nitrogen and oxygen atoms in total. The largest absolute Gasteiger partial charge is 0.497 e.